The molecule has 0 saturated carbocycles. The topological polar surface area (TPSA) is 95.5 Å². The molecular weight excluding hydrogens is 212 g/mol. The van der Waals surface area contributed by atoms with E-state index in [1.807, 2.05) is 13.8 Å². The van der Waals surface area contributed by atoms with E-state index in [0.29, 0.717) is 6.42 Å². The van der Waals surface area contributed by atoms with E-state index in [2.05, 4.69) is 10.6 Å². The number of hydrogen-bond donors (Lipinski definition) is 3. The van der Waals surface area contributed by atoms with E-state index in [4.69, 9.17) is 5.11 Å². The summed E-state index contributed by atoms with van der Waals surface area (Å²) in [5, 5.41) is 13.2. The van der Waals surface area contributed by atoms with Gasteiger partial charge in [-0.05, 0) is 12.3 Å². The predicted octanol–water partition coefficient (Wildman–Crippen LogP) is -0.262. The Labute approximate surface area is 94.4 Å². The number of amides is 2. The lowest BCUT2D eigenvalue weighted by molar-refractivity contribution is -0.141. The van der Waals surface area contributed by atoms with E-state index in [9.17, 15) is 14.4 Å². The molecule has 0 radical (unpaired) electrons. The number of aliphatic carboxylic acids is 1. The quantitative estimate of drug-likeness (QED) is 0.548. The van der Waals surface area contributed by atoms with Crippen molar-refractivity contribution in [3.8, 4) is 0 Å². The molecule has 6 heteroatoms. The Kier molecular flexibility index (Phi) is 6.14. The first-order chi connectivity index (χ1) is 7.36. The normalized spacial score (nSPS) is 12.0. The highest BCUT2D eigenvalue weighted by molar-refractivity contribution is 5.96. The van der Waals surface area contributed by atoms with Gasteiger partial charge in [-0.25, -0.2) is 0 Å². The second-order valence-electron chi connectivity index (χ2n) is 3.93. The van der Waals surface area contributed by atoms with E-state index in [0.717, 1.165) is 0 Å². The van der Waals surface area contributed by atoms with Crippen molar-refractivity contribution in [3.63, 3.8) is 0 Å². The average molecular weight is 230 g/mol. The van der Waals surface area contributed by atoms with Crippen molar-refractivity contribution in [2.24, 2.45) is 5.92 Å². The lowest BCUT2D eigenvalue weighted by atomic mass is 10.0. The molecule has 0 aliphatic rings. The van der Waals surface area contributed by atoms with Crippen molar-refractivity contribution >= 4 is 17.8 Å². The van der Waals surface area contributed by atoms with Gasteiger partial charge in [-0.1, -0.05) is 13.8 Å². The zero-order valence-electron chi connectivity index (χ0n) is 9.74. The summed E-state index contributed by atoms with van der Waals surface area (Å²) in [6.45, 7) is 3.83. The number of carboxylic acids is 1. The fourth-order valence-electron chi connectivity index (χ4n) is 1.26. The fraction of sp³-hybridized carbons (Fsp3) is 0.700. The van der Waals surface area contributed by atoms with Gasteiger partial charge >= 0.3 is 5.97 Å². The maximum Gasteiger partial charge on any atom is 0.312 e. The van der Waals surface area contributed by atoms with Gasteiger partial charge in [0.2, 0.25) is 11.8 Å². The van der Waals surface area contributed by atoms with Crippen molar-refractivity contribution in [1.82, 2.24) is 10.6 Å². The van der Waals surface area contributed by atoms with Gasteiger partial charge in [0.1, 0.15) is 12.5 Å². The van der Waals surface area contributed by atoms with Crippen molar-refractivity contribution < 1.29 is 19.5 Å². The molecule has 0 fully saturated rings. The molecule has 1 atom stereocenters. The summed E-state index contributed by atoms with van der Waals surface area (Å²) in [5.41, 5.74) is 0. The summed E-state index contributed by atoms with van der Waals surface area (Å²) < 4.78 is 0. The second kappa shape index (κ2) is 6.81. The molecule has 0 aliphatic heterocycles. The summed E-state index contributed by atoms with van der Waals surface area (Å²) in [6, 6.07) is -0.670. The van der Waals surface area contributed by atoms with Crippen LogP contribution in [0.4, 0.5) is 0 Å². The van der Waals surface area contributed by atoms with Crippen LogP contribution in [0.3, 0.4) is 0 Å². The first-order valence-electron chi connectivity index (χ1n) is 5.09. The van der Waals surface area contributed by atoms with E-state index >= 15 is 0 Å². The molecule has 6 nitrogen and oxygen atoms in total. The average Bonchev–Trinajstić information content (AvgIpc) is 2.13. The Morgan fingerprint density at radius 1 is 1.25 bits per heavy atom. The molecule has 0 bridgehead atoms. The van der Waals surface area contributed by atoms with Crippen molar-refractivity contribution in [2.45, 2.75) is 32.7 Å². The van der Waals surface area contributed by atoms with Crippen LogP contribution in [0.25, 0.3) is 0 Å². The Morgan fingerprint density at radius 2 is 1.81 bits per heavy atom. The predicted molar refractivity (Wildman–Crippen MR) is 57.7 cm³/mol. The fourth-order valence-corrected chi connectivity index (χ4v) is 1.26. The van der Waals surface area contributed by atoms with Gasteiger partial charge in [-0.2, -0.15) is 0 Å². The van der Waals surface area contributed by atoms with Crippen LogP contribution in [0.5, 0.6) is 0 Å². The minimum absolute atomic E-state index is 0.229. The maximum atomic E-state index is 11.4. The van der Waals surface area contributed by atoms with Crippen LogP contribution in [0.2, 0.25) is 0 Å². The lowest BCUT2D eigenvalue weighted by Gasteiger charge is -2.18. The highest BCUT2D eigenvalue weighted by Crippen LogP contribution is 2.05. The van der Waals surface area contributed by atoms with E-state index in [1.54, 1.807) is 0 Å². The first kappa shape index (κ1) is 14.4. The molecule has 0 aromatic rings. The molecule has 0 rings (SSSR count). The van der Waals surface area contributed by atoms with Gasteiger partial charge in [0, 0.05) is 7.05 Å². The van der Waals surface area contributed by atoms with Crippen molar-refractivity contribution in [2.75, 3.05) is 7.05 Å². The maximum absolute atomic E-state index is 11.4. The monoisotopic (exact) mass is 230 g/mol. The number of carboxylic acid groups (broad SMARTS) is 1. The number of likely N-dealkylation sites (N-methyl/N-ethyl adjacent to an activating group) is 1. The van der Waals surface area contributed by atoms with Crippen LogP contribution >= 0.6 is 0 Å². The van der Waals surface area contributed by atoms with Gasteiger partial charge < -0.3 is 15.7 Å². The van der Waals surface area contributed by atoms with Gasteiger partial charge in [0.15, 0.2) is 0 Å². The number of hydrogen-bond acceptors (Lipinski definition) is 3. The Morgan fingerprint density at radius 3 is 2.19 bits per heavy atom. The zero-order chi connectivity index (χ0) is 12.7. The van der Waals surface area contributed by atoms with Crippen molar-refractivity contribution in [3.05, 3.63) is 0 Å². The molecule has 0 aliphatic carbocycles. The molecule has 1 unspecified atom stereocenters. The molecule has 92 valence electrons. The Balaban J connectivity index is 4.36. The molecule has 0 aromatic carbocycles. The van der Waals surface area contributed by atoms with Crippen LogP contribution in [-0.4, -0.2) is 36.0 Å². The van der Waals surface area contributed by atoms with E-state index in [1.165, 1.54) is 7.05 Å². The van der Waals surface area contributed by atoms with Gasteiger partial charge in [0.25, 0.3) is 0 Å². The highest BCUT2D eigenvalue weighted by atomic mass is 16.4. The third-order valence-corrected chi connectivity index (χ3v) is 1.92. The van der Waals surface area contributed by atoms with Crippen LogP contribution in [0, 0.1) is 5.92 Å². The summed E-state index contributed by atoms with van der Waals surface area (Å²) in [6.07, 6.45) is -0.142. The zero-order valence-corrected chi connectivity index (χ0v) is 9.74. The molecule has 0 heterocycles. The van der Waals surface area contributed by atoms with E-state index < -0.39 is 24.3 Å². The SMILES string of the molecule is CNC(=O)C(CC(C)C)NC(=O)CC(=O)O. The molecule has 0 spiro atoms. The largest absolute Gasteiger partial charge is 0.481 e. The van der Waals surface area contributed by atoms with Gasteiger partial charge in [0.05, 0.1) is 0 Å². The van der Waals surface area contributed by atoms with Crippen LogP contribution < -0.4 is 10.6 Å². The van der Waals surface area contributed by atoms with E-state index in [-0.39, 0.29) is 11.8 Å². The molecule has 0 aromatic heterocycles. The smallest absolute Gasteiger partial charge is 0.312 e. The summed E-state index contributed by atoms with van der Waals surface area (Å²) in [7, 11) is 1.47. The third-order valence-electron chi connectivity index (χ3n) is 1.92. The molecule has 2 amide bonds. The second-order valence-corrected chi connectivity index (χ2v) is 3.93. The number of nitrogens with one attached hydrogen (secondary N) is 2. The molecule has 3 N–H and O–H groups in total. The van der Waals surface area contributed by atoms with Crippen LogP contribution in [-0.2, 0) is 14.4 Å². The minimum Gasteiger partial charge on any atom is -0.481 e. The Hall–Kier alpha value is -1.59. The van der Waals surface area contributed by atoms with Crippen molar-refractivity contribution in [1.29, 1.82) is 0 Å². The number of carbonyl (C=O) groups excluding carboxylic acids is 2. The molecule has 0 saturated heterocycles. The first-order valence-corrected chi connectivity index (χ1v) is 5.09. The minimum atomic E-state index is -1.21. The number of carbonyl (C=O) groups is 3. The summed E-state index contributed by atoms with van der Waals surface area (Å²) in [4.78, 5) is 32.9. The number of rotatable bonds is 6. The molecule has 16 heavy (non-hydrogen) atoms. The molecular formula is C10H18N2O4. The highest BCUT2D eigenvalue weighted by Gasteiger charge is 2.21. The third kappa shape index (κ3) is 6.00. The van der Waals surface area contributed by atoms with Gasteiger partial charge in [-0.15, -0.1) is 0 Å². The summed E-state index contributed by atoms with van der Waals surface area (Å²) >= 11 is 0. The summed E-state index contributed by atoms with van der Waals surface area (Å²) in [5.74, 6) is -1.95. The Bertz CT molecular complexity index is 276. The lowest BCUT2D eigenvalue weighted by Crippen LogP contribution is -2.46. The van der Waals surface area contributed by atoms with Crippen LogP contribution in [0.1, 0.15) is 26.7 Å². The van der Waals surface area contributed by atoms with Crippen LogP contribution in [0.15, 0.2) is 0 Å². The standard InChI is InChI=1S/C10H18N2O4/c1-6(2)4-7(10(16)11-3)12-8(13)5-9(14)15/h6-7H,4-5H2,1-3H3,(H,11,16)(H,12,13)(H,14,15). The van der Waals surface area contributed by atoms with Gasteiger partial charge in [-0.3, -0.25) is 14.4 Å².